The van der Waals surface area contributed by atoms with E-state index in [1.807, 2.05) is 13.8 Å². The van der Waals surface area contributed by atoms with Crippen molar-refractivity contribution < 1.29 is 8.42 Å². The number of guanidine groups is 1. The van der Waals surface area contributed by atoms with E-state index >= 15 is 0 Å². The lowest BCUT2D eigenvalue weighted by Gasteiger charge is -2.39. The summed E-state index contributed by atoms with van der Waals surface area (Å²) in [5.74, 6) is 1.66. The van der Waals surface area contributed by atoms with Crippen molar-refractivity contribution in [3.63, 3.8) is 0 Å². The van der Waals surface area contributed by atoms with E-state index in [1.54, 1.807) is 0 Å². The van der Waals surface area contributed by atoms with Crippen molar-refractivity contribution >= 4 is 39.8 Å². The highest BCUT2D eigenvalue weighted by atomic mass is 127. The van der Waals surface area contributed by atoms with Crippen LogP contribution in [0.4, 0.5) is 0 Å². The molecule has 0 saturated carbocycles. The van der Waals surface area contributed by atoms with Gasteiger partial charge in [0.2, 0.25) is 0 Å². The lowest BCUT2D eigenvalue weighted by Crippen LogP contribution is -2.57. The molecule has 0 aliphatic carbocycles. The molecule has 0 aromatic carbocycles. The van der Waals surface area contributed by atoms with Crippen molar-refractivity contribution in [2.45, 2.75) is 65.7 Å². The molecule has 1 atom stereocenters. The van der Waals surface area contributed by atoms with Gasteiger partial charge in [-0.05, 0) is 46.2 Å². The molecule has 6 nitrogen and oxygen atoms in total. The van der Waals surface area contributed by atoms with Crippen LogP contribution < -0.4 is 5.32 Å². The predicted octanol–water partition coefficient (Wildman–Crippen LogP) is 2.84. The second-order valence-electron chi connectivity index (χ2n) is 8.20. The molecule has 1 N–H and O–H groups in total. The summed E-state index contributed by atoms with van der Waals surface area (Å²) in [7, 11) is -3.04. The van der Waals surface area contributed by atoms with Crippen LogP contribution in [0, 0.1) is 5.92 Å². The van der Waals surface area contributed by atoms with Gasteiger partial charge < -0.3 is 10.2 Å². The minimum absolute atomic E-state index is 0. The Labute approximate surface area is 184 Å². The average Bonchev–Trinajstić information content (AvgIpc) is 2.54. The highest BCUT2D eigenvalue weighted by Crippen LogP contribution is 2.24. The molecule has 1 fully saturated rings. The number of sulfone groups is 1. The minimum atomic E-state index is -3.04. The van der Waals surface area contributed by atoms with Gasteiger partial charge >= 0.3 is 0 Å². The van der Waals surface area contributed by atoms with Gasteiger partial charge in [0.25, 0.3) is 0 Å². The lowest BCUT2D eigenvalue weighted by atomic mass is 10.0. The predicted molar refractivity (Wildman–Crippen MR) is 127 cm³/mol. The van der Waals surface area contributed by atoms with Gasteiger partial charge in [-0.2, -0.15) is 0 Å². The van der Waals surface area contributed by atoms with E-state index in [2.05, 4.69) is 49.7 Å². The third-order valence-electron chi connectivity index (χ3n) is 5.20. The number of halogens is 1. The van der Waals surface area contributed by atoms with Crippen molar-refractivity contribution in [2.75, 3.05) is 45.0 Å². The van der Waals surface area contributed by atoms with E-state index in [0.717, 1.165) is 38.6 Å². The van der Waals surface area contributed by atoms with Crippen LogP contribution >= 0.6 is 24.0 Å². The van der Waals surface area contributed by atoms with Gasteiger partial charge in [0.15, 0.2) is 15.8 Å². The summed E-state index contributed by atoms with van der Waals surface area (Å²) >= 11 is 0. The van der Waals surface area contributed by atoms with Gasteiger partial charge in [0.05, 0.1) is 17.0 Å². The van der Waals surface area contributed by atoms with Crippen LogP contribution in [0.1, 0.15) is 54.9 Å². The molecule has 0 aromatic heterocycles. The van der Waals surface area contributed by atoms with Crippen LogP contribution in [0.3, 0.4) is 0 Å². The van der Waals surface area contributed by atoms with Crippen LogP contribution in [-0.2, 0) is 9.84 Å². The van der Waals surface area contributed by atoms with Crippen LogP contribution in [0.2, 0.25) is 0 Å². The Hall–Kier alpha value is -0.0900. The first-order chi connectivity index (χ1) is 12.1. The van der Waals surface area contributed by atoms with Gasteiger partial charge in [-0.1, -0.05) is 27.7 Å². The second kappa shape index (κ2) is 11.8. The number of rotatable bonds is 8. The van der Waals surface area contributed by atoms with E-state index < -0.39 is 14.6 Å². The second-order valence-corrected chi connectivity index (χ2v) is 10.9. The molecule has 1 unspecified atom stereocenters. The van der Waals surface area contributed by atoms with Gasteiger partial charge in [0.1, 0.15) is 0 Å². The number of hydrogen-bond acceptors (Lipinski definition) is 4. The van der Waals surface area contributed by atoms with Crippen LogP contribution in [0.25, 0.3) is 0 Å². The van der Waals surface area contributed by atoms with E-state index in [9.17, 15) is 8.42 Å². The zero-order valence-corrected chi connectivity index (χ0v) is 21.4. The third kappa shape index (κ3) is 7.68. The first kappa shape index (κ1) is 26.9. The van der Waals surface area contributed by atoms with Crippen molar-refractivity contribution in [2.24, 2.45) is 10.9 Å². The third-order valence-corrected chi connectivity index (χ3v) is 7.73. The summed E-state index contributed by atoms with van der Waals surface area (Å²) in [4.78, 5) is 9.50. The van der Waals surface area contributed by atoms with E-state index in [4.69, 9.17) is 4.99 Å². The van der Waals surface area contributed by atoms with Crippen molar-refractivity contribution in [3.8, 4) is 0 Å². The Morgan fingerprint density at radius 3 is 2.26 bits per heavy atom. The molecule has 1 heterocycles. The fourth-order valence-electron chi connectivity index (χ4n) is 3.57. The fourth-order valence-corrected chi connectivity index (χ4v) is 4.93. The number of hydrogen-bond donors (Lipinski definition) is 1. The molecule has 1 aliphatic rings. The molecule has 0 aromatic rings. The first-order valence-corrected chi connectivity index (χ1v) is 11.7. The van der Waals surface area contributed by atoms with Crippen LogP contribution in [0.5, 0.6) is 0 Å². The summed E-state index contributed by atoms with van der Waals surface area (Å²) in [6.07, 6.45) is 1.12. The van der Waals surface area contributed by atoms with Crippen molar-refractivity contribution in [1.82, 2.24) is 15.1 Å². The topological polar surface area (TPSA) is 65.0 Å². The van der Waals surface area contributed by atoms with Crippen LogP contribution in [-0.4, -0.2) is 80.0 Å². The maximum Gasteiger partial charge on any atom is 0.194 e. The Bertz CT molecular complexity index is 560. The quantitative estimate of drug-likeness (QED) is 0.306. The van der Waals surface area contributed by atoms with Crippen LogP contribution in [0.15, 0.2) is 4.99 Å². The van der Waals surface area contributed by atoms with Gasteiger partial charge in [-0.15, -0.1) is 24.0 Å². The number of nitrogens with one attached hydrogen (secondary N) is 1. The molecule has 27 heavy (non-hydrogen) atoms. The van der Waals surface area contributed by atoms with E-state index in [-0.39, 0.29) is 29.7 Å². The monoisotopic (exact) mass is 516 g/mol. The summed E-state index contributed by atoms with van der Waals surface area (Å²) in [5.41, 5.74) is 0. The van der Waals surface area contributed by atoms with Crippen molar-refractivity contribution in [3.05, 3.63) is 0 Å². The average molecular weight is 517 g/mol. The Kier molecular flexibility index (Phi) is 11.8. The smallest absolute Gasteiger partial charge is 0.194 e. The SMILES string of the molecule is CCNC(=NCC(CC(C)C)N(CC)CC)N1CCS(=O)(=O)C(C)(C)C1.I. The Morgan fingerprint density at radius 1 is 1.22 bits per heavy atom. The maximum absolute atomic E-state index is 12.3. The molecule has 1 rings (SSSR count). The zero-order valence-electron chi connectivity index (χ0n) is 18.3. The highest BCUT2D eigenvalue weighted by molar-refractivity contribution is 14.0. The molecule has 1 saturated heterocycles. The van der Waals surface area contributed by atoms with Crippen molar-refractivity contribution in [1.29, 1.82) is 0 Å². The van der Waals surface area contributed by atoms with Gasteiger partial charge in [0, 0.05) is 25.7 Å². The number of likely N-dealkylation sites (N-methyl/N-ethyl adjacent to an activating group) is 1. The maximum atomic E-state index is 12.3. The van der Waals surface area contributed by atoms with Gasteiger partial charge in [-0.3, -0.25) is 9.89 Å². The first-order valence-electron chi connectivity index (χ1n) is 10.1. The molecule has 0 spiro atoms. The standard InChI is InChI=1S/C19H40N4O2S.HI/c1-8-20-18(23-11-12-26(24,25)19(6,7)15-23)21-14-17(13-16(4)5)22(9-2)10-3;/h16-17H,8-15H2,1-7H3,(H,20,21);1H. The molecular formula is C19H41IN4O2S. The summed E-state index contributed by atoms with van der Waals surface area (Å²) in [6.45, 7) is 19.2. The minimum Gasteiger partial charge on any atom is -0.357 e. The molecular weight excluding hydrogens is 475 g/mol. The molecule has 162 valence electrons. The lowest BCUT2D eigenvalue weighted by molar-refractivity contribution is 0.195. The Balaban J connectivity index is 0.00000676. The Morgan fingerprint density at radius 2 is 1.81 bits per heavy atom. The molecule has 0 bridgehead atoms. The largest absolute Gasteiger partial charge is 0.357 e. The van der Waals surface area contributed by atoms with E-state index in [0.29, 0.717) is 25.0 Å². The normalized spacial score (nSPS) is 20.5. The summed E-state index contributed by atoms with van der Waals surface area (Å²) in [5, 5.41) is 3.36. The summed E-state index contributed by atoms with van der Waals surface area (Å²) < 4.78 is 23.8. The fraction of sp³-hybridized carbons (Fsp3) is 0.947. The zero-order chi connectivity index (χ0) is 20.0. The molecule has 0 radical (unpaired) electrons. The number of aliphatic imine (C=N–C) groups is 1. The highest BCUT2D eigenvalue weighted by Gasteiger charge is 2.41. The van der Waals surface area contributed by atoms with E-state index in [1.165, 1.54) is 0 Å². The summed E-state index contributed by atoms with van der Waals surface area (Å²) in [6, 6.07) is 0.417. The molecule has 0 amide bonds. The van der Waals surface area contributed by atoms with Gasteiger partial charge in [-0.25, -0.2) is 8.42 Å². The molecule has 1 aliphatic heterocycles. The number of nitrogens with zero attached hydrogens (tertiary/aromatic N) is 3. The molecule has 8 heteroatoms.